The van der Waals surface area contributed by atoms with E-state index in [1.165, 1.54) is 6.07 Å². The summed E-state index contributed by atoms with van der Waals surface area (Å²) in [5.41, 5.74) is 0.453. The van der Waals surface area contributed by atoms with Gasteiger partial charge in [0.05, 0.1) is 18.2 Å². The molecule has 0 amide bonds. The van der Waals surface area contributed by atoms with Crippen molar-refractivity contribution in [3.05, 3.63) is 35.1 Å². The number of nitriles is 1. The van der Waals surface area contributed by atoms with E-state index in [-0.39, 0.29) is 23.7 Å². The van der Waals surface area contributed by atoms with Crippen LogP contribution >= 0.6 is 0 Å². The summed E-state index contributed by atoms with van der Waals surface area (Å²) >= 11 is 0. The summed E-state index contributed by atoms with van der Waals surface area (Å²) in [4.78, 5) is 1.15. The van der Waals surface area contributed by atoms with Gasteiger partial charge in [-0.15, -0.1) is 0 Å². The summed E-state index contributed by atoms with van der Waals surface area (Å²) in [5.74, 6) is -0.565. The molecule has 0 N–H and O–H groups in total. The fraction of sp³-hybridized carbons (Fsp3) is 0.462. The van der Waals surface area contributed by atoms with Gasteiger partial charge < -0.3 is 0 Å². The topological polar surface area (TPSA) is 27.0 Å². The zero-order valence-electron chi connectivity index (χ0n) is 10.6. The lowest BCUT2D eigenvalue weighted by molar-refractivity contribution is -0.150. The summed E-state index contributed by atoms with van der Waals surface area (Å²) in [6.45, 7) is 2.04. The standard InChI is InChI=1S/C13H14F4N2/c1-9(2)19(8-13(15,16)17)7-11-5-12(14)4-3-10(11)6-18/h3-5,9H,7-8H2,1-2H3. The highest BCUT2D eigenvalue weighted by atomic mass is 19.4. The quantitative estimate of drug-likeness (QED) is 0.786. The highest BCUT2D eigenvalue weighted by molar-refractivity contribution is 5.37. The van der Waals surface area contributed by atoms with Gasteiger partial charge in [0.2, 0.25) is 0 Å². The number of halogens is 4. The van der Waals surface area contributed by atoms with Crippen molar-refractivity contribution < 1.29 is 17.6 Å². The van der Waals surface area contributed by atoms with E-state index in [2.05, 4.69) is 0 Å². The average Bonchev–Trinajstić information content (AvgIpc) is 2.26. The van der Waals surface area contributed by atoms with Crippen LogP contribution in [0.2, 0.25) is 0 Å². The molecule has 104 valence electrons. The summed E-state index contributed by atoms with van der Waals surface area (Å²) < 4.78 is 50.5. The minimum Gasteiger partial charge on any atom is -0.288 e. The van der Waals surface area contributed by atoms with Crippen molar-refractivity contribution in [3.8, 4) is 6.07 Å². The Balaban J connectivity index is 2.97. The monoisotopic (exact) mass is 274 g/mol. The molecule has 0 fully saturated rings. The Morgan fingerprint density at radius 2 is 1.95 bits per heavy atom. The van der Waals surface area contributed by atoms with Crippen LogP contribution in [-0.4, -0.2) is 23.7 Å². The van der Waals surface area contributed by atoms with Gasteiger partial charge in [0.15, 0.2) is 0 Å². The Bertz CT molecular complexity index is 475. The maximum Gasteiger partial charge on any atom is 0.401 e. The first kappa shape index (κ1) is 15.4. The minimum absolute atomic E-state index is 0.113. The Morgan fingerprint density at radius 1 is 1.32 bits per heavy atom. The summed E-state index contributed by atoms with van der Waals surface area (Å²) in [7, 11) is 0. The van der Waals surface area contributed by atoms with E-state index in [1.54, 1.807) is 13.8 Å². The third kappa shape index (κ3) is 4.87. The predicted molar refractivity (Wildman–Crippen MR) is 62.7 cm³/mol. The van der Waals surface area contributed by atoms with Gasteiger partial charge in [0.25, 0.3) is 0 Å². The second-order valence-corrected chi connectivity index (χ2v) is 4.53. The number of hydrogen-bond acceptors (Lipinski definition) is 2. The van der Waals surface area contributed by atoms with E-state index in [0.29, 0.717) is 0 Å². The number of benzene rings is 1. The normalized spacial score (nSPS) is 11.9. The van der Waals surface area contributed by atoms with Crippen molar-refractivity contribution in [1.82, 2.24) is 4.90 Å². The zero-order valence-corrected chi connectivity index (χ0v) is 10.6. The van der Waals surface area contributed by atoms with E-state index in [9.17, 15) is 17.6 Å². The van der Waals surface area contributed by atoms with E-state index >= 15 is 0 Å². The average molecular weight is 274 g/mol. The first-order valence-electron chi connectivity index (χ1n) is 5.72. The van der Waals surface area contributed by atoms with Crippen LogP contribution in [0.15, 0.2) is 18.2 Å². The molecule has 19 heavy (non-hydrogen) atoms. The molecule has 0 saturated carbocycles. The zero-order chi connectivity index (χ0) is 14.6. The van der Waals surface area contributed by atoms with Gasteiger partial charge in [-0.1, -0.05) is 0 Å². The third-order valence-corrected chi connectivity index (χ3v) is 2.67. The summed E-state index contributed by atoms with van der Waals surface area (Å²) in [6.07, 6.45) is -4.33. The number of alkyl halides is 3. The molecule has 0 bridgehead atoms. The molecule has 0 heterocycles. The van der Waals surface area contributed by atoms with Crippen LogP contribution in [0.4, 0.5) is 17.6 Å². The van der Waals surface area contributed by atoms with Crippen LogP contribution in [-0.2, 0) is 6.54 Å². The SMILES string of the molecule is CC(C)N(Cc1cc(F)ccc1C#N)CC(F)(F)F. The molecule has 0 aliphatic heterocycles. The molecule has 1 rings (SSSR count). The fourth-order valence-corrected chi connectivity index (χ4v) is 1.67. The van der Waals surface area contributed by atoms with Gasteiger partial charge in [-0.3, -0.25) is 4.90 Å². The van der Waals surface area contributed by atoms with Crippen LogP contribution in [0.25, 0.3) is 0 Å². The molecule has 2 nitrogen and oxygen atoms in total. The molecular formula is C13H14F4N2. The molecule has 1 aromatic carbocycles. The highest BCUT2D eigenvalue weighted by Gasteiger charge is 2.32. The molecule has 0 aromatic heterocycles. The van der Waals surface area contributed by atoms with Crippen molar-refractivity contribution >= 4 is 0 Å². The van der Waals surface area contributed by atoms with Gasteiger partial charge in [-0.05, 0) is 37.6 Å². The van der Waals surface area contributed by atoms with Crippen LogP contribution < -0.4 is 0 Å². The molecule has 0 aliphatic carbocycles. The number of hydrogen-bond donors (Lipinski definition) is 0. The molecule has 0 saturated heterocycles. The molecular weight excluding hydrogens is 260 g/mol. The largest absolute Gasteiger partial charge is 0.401 e. The minimum atomic E-state index is -4.33. The molecule has 1 aromatic rings. The van der Waals surface area contributed by atoms with Gasteiger partial charge in [0, 0.05) is 12.6 Å². The Kier molecular flexibility index (Phi) is 4.90. The highest BCUT2D eigenvalue weighted by Crippen LogP contribution is 2.21. The maximum atomic E-state index is 13.1. The summed E-state index contributed by atoms with van der Waals surface area (Å²) in [6, 6.07) is 4.98. The Labute approximate surface area is 109 Å². The maximum absolute atomic E-state index is 13.1. The van der Waals surface area contributed by atoms with Gasteiger partial charge >= 0.3 is 6.18 Å². The lowest BCUT2D eigenvalue weighted by atomic mass is 10.1. The smallest absolute Gasteiger partial charge is 0.288 e. The van der Waals surface area contributed by atoms with Gasteiger partial charge in [-0.2, -0.15) is 18.4 Å². The van der Waals surface area contributed by atoms with Crippen molar-refractivity contribution in [2.24, 2.45) is 0 Å². The van der Waals surface area contributed by atoms with Crippen molar-refractivity contribution in [3.63, 3.8) is 0 Å². The lowest BCUT2D eigenvalue weighted by Crippen LogP contribution is -2.38. The predicted octanol–water partition coefficient (Wildman–Crippen LogP) is 3.47. The first-order valence-corrected chi connectivity index (χ1v) is 5.72. The number of nitrogens with zero attached hydrogens (tertiary/aromatic N) is 2. The first-order chi connectivity index (χ1) is 8.73. The third-order valence-electron chi connectivity index (χ3n) is 2.67. The van der Waals surface area contributed by atoms with Crippen LogP contribution in [0.5, 0.6) is 0 Å². The lowest BCUT2D eigenvalue weighted by Gasteiger charge is -2.27. The summed E-state index contributed by atoms with van der Waals surface area (Å²) in [5, 5.41) is 8.88. The second-order valence-electron chi connectivity index (χ2n) is 4.53. The molecule has 6 heteroatoms. The van der Waals surface area contributed by atoms with E-state index in [4.69, 9.17) is 5.26 Å². The molecule has 0 unspecified atom stereocenters. The van der Waals surface area contributed by atoms with Gasteiger partial charge in [0.1, 0.15) is 5.82 Å². The Morgan fingerprint density at radius 3 is 2.42 bits per heavy atom. The van der Waals surface area contributed by atoms with E-state index in [0.717, 1.165) is 17.0 Å². The molecule has 0 spiro atoms. The fourth-order valence-electron chi connectivity index (χ4n) is 1.67. The second kappa shape index (κ2) is 6.02. The van der Waals surface area contributed by atoms with Crippen LogP contribution in [0.3, 0.4) is 0 Å². The van der Waals surface area contributed by atoms with Crippen molar-refractivity contribution in [1.29, 1.82) is 5.26 Å². The number of rotatable bonds is 4. The molecule has 0 radical (unpaired) electrons. The van der Waals surface area contributed by atoms with Gasteiger partial charge in [-0.25, -0.2) is 4.39 Å². The molecule has 0 aliphatic rings. The molecule has 0 atom stereocenters. The Hall–Kier alpha value is -1.61. The van der Waals surface area contributed by atoms with Crippen molar-refractivity contribution in [2.75, 3.05) is 6.54 Å². The van der Waals surface area contributed by atoms with E-state index < -0.39 is 18.5 Å². The van der Waals surface area contributed by atoms with Crippen LogP contribution in [0.1, 0.15) is 25.0 Å². The van der Waals surface area contributed by atoms with Crippen molar-refractivity contribution in [2.45, 2.75) is 32.6 Å². The van der Waals surface area contributed by atoms with Crippen LogP contribution in [0, 0.1) is 17.1 Å². The van der Waals surface area contributed by atoms with E-state index in [1.807, 2.05) is 6.07 Å².